The van der Waals surface area contributed by atoms with Gasteiger partial charge in [0, 0.05) is 32.8 Å². The number of hydrogen-bond donors (Lipinski definition) is 4. The topological polar surface area (TPSA) is 95.3 Å². The van der Waals surface area contributed by atoms with Crippen molar-refractivity contribution in [2.45, 2.75) is 49.6 Å². The first-order valence-corrected chi connectivity index (χ1v) is 8.68. The van der Waals surface area contributed by atoms with Crippen molar-refractivity contribution >= 4 is 16.9 Å². The van der Waals surface area contributed by atoms with E-state index in [1.54, 1.807) is 14.0 Å². The average molecular weight is 333 g/mol. The highest BCUT2D eigenvalue weighted by molar-refractivity contribution is 8.14. The maximum Gasteiger partial charge on any atom is 0.158 e. The zero-order valence-electron chi connectivity index (χ0n) is 13.2. The van der Waals surface area contributed by atoms with Crippen molar-refractivity contribution in [2.24, 2.45) is 4.99 Å². The van der Waals surface area contributed by atoms with Gasteiger partial charge < -0.3 is 30.3 Å². The molecular formula is C14H27N3O4S. The van der Waals surface area contributed by atoms with E-state index in [2.05, 4.69) is 15.6 Å². The lowest BCUT2D eigenvalue weighted by Gasteiger charge is -2.30. The first kappa shape index (κ1) is 18.0. The minimum atomic E-state index is -0.921. The first-order valence-electron chi connectivity index (χ1n) is 7.80. The van der Waals surface area contributed by atoms with E-state index in [-0.39, 0.29) is 5.44 Å². The molecule has 22 heavy (non-hydrogen) atoms. The summed E-state index contributed by atoms with van der Waals surface area (Å²) in [6.45, 7) is 4.26. The molecule has 2 aliphatic rings. The van der Waals surface area contributed by atoms with Gasteiger partial charge in [0.2, 0.25) is 0 Å². The van der Waals surface area contributed by atoms with E-state index in [0.29, 0.717) is 19.1 Å². The van der Waals surface area contributed by atoms with Crippen LogP contribution in [0.4, 0.5) is 0 Å². The summed E-state index contributed by atoms with van der Waals surface area (Å²) in [6, 6.07) is 0.378. The van der Waals surface area contributed by atoms with Gasteiger partial charge in [-0.1, -0.05) is 11.8 Å². The molecule has 2 rings (SSSR count). The zero-order chi connectivity index (χ0) is 15.9. The third-order valence-corrected chi connectivity index (χ3v) is 4.99. The summed E-state index contributed by atoms with van der Waals surface area (Å²) in [4.78, 5) is 4.09. The van der Waals surface area contributed by atoms with Crippen molar-refractivity contribution in [3.8, 4) is 0 Å². The number of ether oxygens (including phenoxy) is 2. The molecule has 2 heterocycles. The van der Waals surface area contributed by atoms with Crippen LogP contribution in [0.2, 0.25) is 0 Å². The van der Waals surface area contributed by atoms with Gasteiger partial charge >= 0.3 is 0 Å². The second kappa shape index (κ2) is 9.05. The van der Waals surface area contributed by atoms with Gasteiger partial charge in [-0.2, -0.15) is 0 Å². The van der Waals surface area contributed by atoms with Crippen molar-refractivity contribution in [1.29, 1.82) is 0 Å². The molecule has 2 saturated heterocycles. The molecule has 2 fully saturated rings. The largest absolute Gasteiger partial charge is 0.391 e. The fourth-order valence-electron chi connectivity index (χ4n) is 2.53. The SMILES string of the molecule is CN=C1NC[C@H](O[C@H](CNC2CCOCC2)[C@@H](O)[C@@H](C)O)S1. The van der Waals surface area contributed by atoms with Gasteiger partial charge in [0.05, 0.1) is 18.8 Å². The van der Waals surface area contributed by atoms with E-state index >= 15 is 0 Å². The molecule has 0 amide bonds. The van der Waals surface area contributed by atoms with Crippen LogP contribution < -0.4 is 10.6 Å². The van der Waals surface area contributed by atoms with E-state index in [1.807, 2.05) is 0 Å². The lowest BCUT2D eigenvalue weighted by Crippen LogP contribution is -2.48. The third-order valence-electron chi connectivity index (χ3n) is 3.90. The van der Waals surface area contributed by atoms with Crippen LogP contribution in [-0.4, -0.2) is 78.5 Å². The Morgan fingerprint density at radius 2 is 2.18 bits per heavy atom. The number of thioether (sulfide) groups is 1. The van der Waals surface area contributed by atoms with Gasteiger partial charge in [-0.3, -0.25) is 4.99 Å². The Morgan fingerprint density at radius 1 is 1.45 bits per heavy atom. The number of aliphatic imine (C=N–C) groups is 1. The molecular weight excluding hydrogens is 306 g/mol. The van der Waals surface area contributed by atoms with Gasteiger partial charge in [-0.15, -0.1) is 0 Å². The number of aliphatic hydroxyl groups excluding tert-OH is 2. The van der Waals surface area contributed by atoms with Crippen LogP contribution in [0.5, 0.6) is 0 Å². The molecule has 8 heteroatoms. The van der Waals surface area contributed by atoms with Crippen molar-refractivity contribution < 1.29 is 19.7 Å². The molecule has 7 nitrogen and oxygen atoms in total. The predicted octanol–water partition coefficient (Wildman–Crippen LogP) is -0.470. The molecule has 0 aromatic carbocycles. The molecule has 4 N–H and O–H groups in total. The normalized spacial score (nSPS) is 29.3. The Kier molecular flexibility index (Phi) is 7.39. The van der Waals surface area contributed by atoms with Gasteiger partial charge in [-0.25, -0.2) is 0 Å². The highest BCUT2D eigenvalue weighted by atomic mass is 32.2. The molecule has 0 spiro atoms. The van der Waals surface area contributed by atoms with Crippen LogP contribution in [0.1, 0.15) is 19.8 Å². The Balaban J connectivity index is 1.85. The number of amidine groups is 1. The Bertz CT molecular complexity index is 364. The van der Waals surface area contributed by atoms with E-state index in [4.69, 9.17) is 9.47 Å². The quantitative estimate of drug-likeness (QED) is 0.500. The minimum Gasteiger partial charge on any atom is -0.391 e. The molecule has 0 saturated carbocycles. The van der Waals surface area contributed by atoms with E-state index in [0.717, 1.165) is 31.2 Å². The number of nitrogens with one attached hydrogen (secondary N) is 2. The van der Waals surface area contributed by atoms with Gasteiger partial charge in [0.25, 0.3) is 0 Å². The maximum atomic E-state index is 10.2. The highest BCUT2D eigenvalue weighted by Gasteiger charge is 2.31. The lowest BCUT2D eigenvalue weighted by atomic mass is 10.1. The summed E-state index contributed by atoms with van der Waals surface area (Å²) in [5, 5.41) is 27.3. The summed E-state index contributed by atoms with van der Waals surface area (Å²) < 4.78 is 11.3. The Hall–Kier alpha value is -0.380. The number of hydrogen-bond acceptors (Lipinski definition) is 7. The van der Waals surface area contributed by atoms with Gasteiger partial charge in [0.15, 0.2) is 5.17 Å². The number of aliphatic hydroxyl groups is 2. The second-order valence-electron chi connectivity index (χ2n) is 5.66. The van der Waals surface area contributed by atoms with E-state index < -0.39 is 18.3 Å². The molecule has 0 radical (unpaired) electrons. The van der Waals surface area contributed by atoms with Crippen molar-refractivity contribution in [1.82, 2.24) is 10.6 Å². The molecule has 4 atom stereocenters. The van der Waals surface area contributed by atoms with Crippen LogP contribution in [0.25, 0.3) is 0 Å². The molecule has 0 unspecified atom stereocenters. The zero-order valence-corrected chi connectivity index (χ0v) is 14.0. The van der Waals surface area contributed by atoms with Crippen LogP contribution in [0.15, 0.2) is 4.99 Å². The van der Waals surface area contributed by atoms with Crippen LogP contribution in [-0.2, 0) is 9.47 Å². The molecule has 0 bridgehead atoms. The first-order chi connectivity index (χ1) is 10.6. The lowest BCUT2D eigenvalue weighted by molar-refractivity contribution is -0.0898. The van der Waals surface area contributed by atoms with Crippen LogP contribution >= 0.6 is 11.8 Å². The average Bonchev–Trinajstić information content (AvgIpc) is 2.99. The van der Waals surface area contributed by atoms with Crippen molar-refractivity contribution in [3.05, 3.63) is 0 Å². The minimum absolute atomic E-state index is 0.103. The van der Waals surface area contributed by atoms with Crippen LogP contribution in [0.3, 0.4) is 0 Å². The summed E-state index contributed by atoms with van der Waals surface area (Å²) in [5.41, 5.74) is -0.103. The second-order valence-corrected chi connectivity index (χ2v) is 6.81. The van der Waals surface area contributed by atoms with E-state index in [1.165, 1.54) is 11.8 Å². The van der Waals surface area contributed by atoms with E-state index in [9.17, 15) is 10.2 Å². The Morgan fingerprint density at radius 3 is 2.77 bits per heavy atom. The van der Waals surface area contributed by atoms with Crippen molar-refractivity contribution in [3.63, 3.8) is 0 Å². The van der Waals surface area contributed by atoms with Crippen LogP contribution in [0, 0.1) is 0 Å². The van der Waals surface area contributed by atoms with Gasteiger partial charge in [-0.05, 0) is 19.8 Å². The smallest absolute Gasteiger partial charge is 0.158 e. The molecule has 0 aliphatic carbocycles. The molecule has 128 valence electrons. The maximum absolute atomic E-state index is 10.2. The summed E-state index contributed by atoms with van der Waals surface area (Å²) in [7, 11) is 1.73. The standard InChI is InChI=1S/C14H27N3O4S/c1-9(18)13(19)11(7-16-10-3-5-20-6-4-10)21-12-8-17-14(15-2)22-12/h9-13,16,18-19H,3-8H2,1-2H3,(H,15,17)/t9-,11-,12-,13+/m1/s1. The Labute approximate surface area is 135 Å². The fourth-order valence-corrected chi connectivity index (χ4v) is 3.41. The highest BCUT2D eigenvalue weighted by Crippen LogP contribution is 2.22. The predicted molar refractivity (Wildman–Crippen MR) is 87.1 cm³/mol. The summed E-state index contributed by atoms with van der Waals surface area (Å²) in [6.07, 6.45) is -0.289. The molecule has 0 aromatic heterocycles. The molecule has 0 aromatic rings. The van der Waals surface area contributed by atoms with Gasteiger partial charge in [0.1, 0.15) is 11.5 Å². The fraction of sp³-hybridized carbons (Fsp3) is 0.929. The monoisotopic (exact) mass is 333 g/mol. The third kappa shape index (κ3) is 5.36. The van der Waals surface area contributed by atoms with Crippen molar-refractivity contribution in [2.75, 3.05) is 33.4 Å². The summed E-state index contributed by atoms with van der Waals surface area (Å²) >= 11 is 1.51. The molecule has 2 aliphatic heterocycles. The number of rotatable bonds is 7. The number of nitrogens with zero attached hydrogens (tertiary/aromatic N) is 1. The summed E-state index contributed by atoms with van der Waals surface area (Å²) in [5.74, 6) is 0.